The largest absolute Gasteiger partial charge is 0.497 e. The first-order valence-electron chi connectivity index (χ1n) is 13.2. The van der Waals surface area contributed by atoms with Crippen molar-refractivity contribution in [2.75, 3.05) is 13.7 Å². The predicted octanol–water partition coefficient (Wildman–Crippen LogP) is 4.10. The molecule has 1 aromatic carbocycles. The number of cyclic esters (lactones) is 1. The van der Waals surface area contributed by atoms with E-state index >= 15 is 0 Å². The molecule has 0 radical (unpaired) electrons. The van der Waals surface area contributed by atoms with Gasteiger partial charge in [-0.25, -0.2) is 0 Å². The molecule has 3 aliphatic heterocycles. The maximum atomic E-state index is 12.7. The molecule has 1 N–H and O–H groups in total. The van der Waals surface area contributed by atoms with Crippen LogP contribution in [0.25, 0.3) is 0 Å². The number of ether oxygens (including phenoxy) is 5. The van der Waals surface area contributed by atoms with Gasteiger partial charge in [0.15, 0.2) is 5.79 Å². The van der Waals surface area contributed by atoms with Gasteiger partial charge in [0.25, 0.3) is 0 Å². The van der Waals surface area contributed by atoms with Crippen LogP contribution in [0, 0.1) is 5.41 Å². The van der Waals surface area contributed by atoms with Crippen molar-refractivity contribution in [3.8, 4) is 5.75 Å². The van der Waals surface area contributed by atoms with E-state index in [-0.39, 0.29) is 36.6 Å². The lowest BCUT2D eigenvalue weighted by molar-refractivity contribution is -0.373. The van der Waals surface area contributed by atoms with Gasteiger partial charge in [-0.05, 0) is 49.8 Å². The van der Waals surface area contributed by atoms with Gasteiger partial charge in [0.1, 0.15) is 18.0 Å². The van der Waals surface area contributed by atoms with Crippen molar-refractivity contribution in [2.45, 2.75) is 108 Å². The summed E-state index contributed by atoms with van der Waals surface area (Å²) in [5.41, 5.74) is 0.927. The van der Waals surface area contributed by atoms with Crippen LogP contribution in [-0.4, -0.2) is 61.0 Å². The van der Waals surface area contributed by atoms with Gasteiger partial charge in [-0.3, -0.25) is 9.59 Å². The molecule has 0 aromatic heterocycles. The lowest BCUT2D eigenvalue weighted by Crippen LogP contribution is -2.61. The first-order valence-corrected chi connectivity index (χ1v) is 13.2. The molecular formula is C28H40O8. The van der Waals surface area contributed by atoms with E-state index in [1.807, 2.05) is 12.1 Å². The number of methoxy groups -OCH3 is 1. The molecule has 5 atom stereocenters. The average molecular weight is 505 g/mol. The van der Waals surface area contributed by atoms with Crippen LogP contribution >= 0.6 is 0 Å². The Bertz CT molecular complexity index is 911. The summed E-state index contributed by atoms with van der Waals surface area (Å²) in [7, 11) is 1.67. The maximum Gasteiger partial charge on any atom is 0.309 e. The van der Waals surface area contributed by atoms with E-state index in [4.69, 9.17) is 23.7 Å². The molecule has 3 saturated heterocycles. The smallest absolute Gasteiger partial charge is 0.309 e. The number of hydrogen-bond donors (Lipinski definition) is 1. The van der Waals surface area contributed by atoms with Crippen LogP contribution in [0.4, 0.5) is 0 Å². The molecule has 200 valence electrons. The summed E-state index contributed by atoms with van der Waals surface area (Å²) in [6.45, 7) is 3.82. The van der Waals surface area contributed by atoms with Gasteiger partial charge in [-0.1, -0.05) is 32.4 Å². The van der Waals surface area contributed by atoms with E-state index in [2.05, 4.69) is 26.0 Å². The van der Waals surface area contributed by atoms with Crippen LogP contribution in [0.2, 0.25) is 0 Å². The number of carbonyl (C=O) groups excluding carboxylic acids is 2. The lowest BCUT2D eigenvalue weighted by Gasteiger charge is -2.56. The van der Waals surface area contributed by atoms with Gasteiger partial charge in [-0.15, -0.1) is 0 Å². The van der Waals surface area contributed by atoms with Gasteiger partial charge in [-0.2, -0.15) is 0 Å². The van der Waals surface area contributed by atoms with Crippen molar-refractivity contribution in [1.29, 1.82) is 0 Å². The molecule has 8 nitrogen and oxygen atoms in total. The van der Waals surface area contributed by atoms with Crippen LogP contribution in [-0.2, 0) is 35.0 Å². The average Bonchev–Trinajstić information content (AvgIpc) is 2.83. The second kappa shape index (κ2) is 11.5. The van der Waals surface area contributed by atoms with Gasteiger partial charge in [0.05, 0.1) is 38.8 Å². The predicted molar refractivity (Wildman–Crippen MR) is 131 cm³/mol. The first kappa shape index (κ1) is 26.9. The van der Waals surface area contributed by atoms with Crippen molar-refractivity contribution in [3.63, 3.8) is 0 Å². The van der Waals surface area contributed by atoms with Crippen molar-refractivity contribution >= 4 is 11.9 Å². The van der Waals surface area contributed by atoms with Crippen LogP contribution < -0.4 is 4.74 Å². The first-order chi connectivity index (χ1) is 17.2. The van der Waals surface area contributed by atoms with Gasteiger partial charge in [0, 0.05) is 18.3 Å². The molecule has 0 aliphatic carbocycles. The number of esters is 2. The third-order valence-corrected chi connectivity index (χ3v) is 7.82. The van der Waals surface area contributed by atoms with Crippen molar-refractivity contribution in [2.24, 2.45) is 5.41 Å². The monoisotopic (exact) mass is 504 g/mol. The fraction of sp³-hybridized carbons (Fsp3) is 0.714. The molecule has 8 heteroatoms. The Labute approximate surface area is 213 Å². The lowest BCUT2D eigenvalue weighted by atomic mass is 9.71. The Morgan fingerprint density at radius 1 is 1.03 bits per heavy atom. The summed E-state index contributed by atoms with van der Waals surface area (Å²) in [6, 6.07) is 8.12. The third-order valence-electron chi connectivity index (χ3n) is 7.82. The fourth-order valence-electron chi connectivity index (χ4n) is 5.68. The van der Waals surface area contributed by atoms with E-state index in [1.165, 1.54) is 5.56 Å². The Morgan fingerprint density at radius 3 is 2.61 bits per heavy atom. The number of carbonyl (C=O) groups is 2. The highest BCUT2D eigenvalue weighted by Gasteiger charge is 2.57. The SMILES string of the molecule is COc1cccc(CCCC[C@@H]2C[C@@H]3C[C@@]4(O[C@H](CCC4(C)C)CC(=O)O[C@@H](CO)CC(=O)O3)O2)c1. The number of fused-ring (bicyclic) bond motifs is 2. The number of aryl methyl sites for hydroxylation is 1. The number of benzene rings is 1. The topological polar surface area (TPSA) is 101 Å². The summed E-state index contributed by atoms with van der Waals surface area (Å²) in [6.07, 6.45) is 4.48. The standard InChI is InChI=1S/C28H40O8/c1-27(2)12-11-22-15-25(30)34-24(18-29)16-26(31)33-23-14-21(35-28(27,17-23)36-22)9-5-4-7-19-8-6-10-20(13-19)32-3/h6,8,10,13,21-24,29H,4-5,7,9,11-12,14-18H2,1-3H3/t21-,22-,23-,24-,28+/m1/s1. The highest BCUT2D eigenvalue weighted by molar-refractivity contribution is 5.73. The number of unbranched alkanes of at least 4 members (excludes halogenated alkanes) is 1. The van der Waals surface area contributed by atoms with Crippen LogP contribution in [0.15, 0.2) is 24.3 Å². The molecule has 3 aliphatic rings. The summed E-state index contributed by atoms with van der Waals surface area (Å²) in [4.78, 5) is 25.2. The summed E-state index contributed by atoms with van der Waals surface area (Å²) < 4.78 is 29.8. The molecule has 0 amide bonds. The summed E-state index contributed by atoms with van der Waals surface area (Å²) >= 11 is 0. The molecule has 0 unspecified atom stereocenters. The number of hydrogen-bond acceptors (Lipinski definition) is 8. The summed E-state index contributed by atoms with van der Waals surface area (Å²) in [5, 5.41) is 9.58. The third kappa shape index (κ3) is 6.39. The van der Waals surface area contributed by atoms with E-state index in [0.29, 0.717) is 19.3 Å². The second-order valence-corrected chi connectivity index (χ2v) is 11.0. The van der Waals surface area contributed by atoms with E-state index in [1.54, 1.807) is 7.11 Å². The van der Waals surface area contributed by atoms with E-state index in [0.717, 1.165) is 37.9 Å². The van der Waals surface area contributed by atoms with Crippen molar-refractivity contribution < 1.29 is 38.4 Å². The van der Waals surface area contributed by atoms with Gasteiger partial charge >= 0.3 is 11.9 Å². The molecule has 3 heterocycles. The molecule has 0 saturated carbocycles. The molecule has 1 spiro atoms. The minimum atomic E-state index is -0.938. The van der Waals surface area contributed by atoms with Crippen LogP contribution in [0.1, 0.15) is 77.2 Å². The zero-order valence-corrected chi connectivity index (χ0v) is 21.7. The molecule has 1 aromatic rings. The quantitative estimate of drug-likeness (QED) is 0.438. The Kier molecular flexibility index (Phi) is 8.58. The van der Waals surface area contributed by atoms with Crippen molar-refractivity contribution in [3.05, 3.63) is 29.8 Å². The Balaban J connectivity index is 1.46. The van der Waals surface area contributed by atoms with Gasteiger partial charge in [0.2, 0.25) is 0 Å². The van der Waals surface area contributed by atoms with Gasteiger partial charge < -0.3 is 28.8 Å². The number of aliphatic hydroxyl groups is 1. The van der Waals surface area contributed by atoms with Crippen molar-refractivity contribution in [1.82, 2.24) is 0 Å². The van der Waals surface area contributed by atoms with Crippen LogP contribution in [0.3, 0.4) is 0 Å². The van der Waals surface area contributed by atoms with Crippen LogP contribution in [0.5, 0.6) is 5.75 Å². The Hall–Kier alpha value is -2.16. The number of rotatable bonds is 7. The second-order valence-electron chi connectivity index (χ2n) is 11.0. The minimum absolute atomic E-state index is 0.0720. The molecule has 4 rings (SSSR count). The Morgan fingerprint density at radius 2 is 1.83 bits per heavy atom. The molecule has 3 bridgehead atoms. The molecule has 36 heavy (non-hydrogen) atoms. The number of aliphatic hydroxyl groups excluding tert-OH is 1. The fourth-order valence-corrected chi connectivity index (χ4v) is 5.68. The highest BCUT2D eigenvalue weighted by atomic mass is 16.7. The van der Waals surface area contributed by atoms with E-state index < -0.39 is 30.4 Å². The molecular weight excluding hydrogens is 464 g/mol. The molecule has 3 fully saturated rings. The minimum Gasteiger partial charge on any atom is -0.497 e. The highest BCUT2D eigenvalue weighted by Crippen LogP contribution is 2.52. The zero-order chi connectivity index (χ0) is 25.8. The normalized spacial score (nSPS) is 32.4. The zero-order valence-electron chi connectivity index (χ0n) is 21.7. The maximum absolute atomic E-state index is 12.7. The summed E-state index contributed by atoms with van der Waals surface area (Å²) in [5.74, 6) is -1.04. The van der Waals surface area contributed by atoms with E-state index in [9.17, 15) is 14.7 Å².